The largest absolute Gasteiger partial charge is 0.243 e. The first-order valence-corrected chi connectivity index (χ1v) is 10.7. The van der Waals surface area contributed by atoms with Crippen molar-refractivity contribution in [2.45, 2.75) is 36.8 Å². The second-order valence-electron chi connectivity index (χ2n) is 6.14. The van der Waals surface area contributed by atoms with E-state index in [-0.39, 0.29) is 29.7 Å². The van der Waals surface area contributed by atoms with E-state index in [9.17, 15) is 16.8 Å². The first-order valence-electron chi connectivity index (χ1n) is 7.50. The van der Waals surface area contributed by atoms with Crippen LogP contribution in [0.15, 0.2) is 35.2 Å². The van der Waals surface area contributed by atoms with Gasteiger partial charge in [-0.05, 0) is 30.9 Å². The lowest BCUT2D eigenvalue weighted by molar-refractivity contribution is 0.345. The van der Waals surface area contributed by atoms with E-state index >= 15 is 0 Å². The smallest absolute Gasteiger partial charge is 0.229 e. The summed E-state index contributed by atoms with van der Waals surface area (Å²) in [5.41, 5.74) is 0. The van der Waals surface area contributed by atoms with Gasteiger partial charge in [-0.25, -0.2) is 16.8 Å². The third-order valence-corrected chi connectivity index (χ3v) is 8.39. The fraction of sp³-hybridized carbons (Fsp3) is 0.600. The molecule has 0 spiro atoms. The Morgan fingerprint density at radius 1 is 1.05 bits per heavy atom. The van der Waals surface area contributed by atoms with Crippen LogP contribution >= 0.6 is 0 Å². The molecule has 124 valence electrons. The highest BCUT2D eigenvalue weighted by atomic mass is 32.2. The molecule has 0 N–H and O–H groups in total. The molecule has 1 saturated heterocycles. The Kier molecular flexibility index (Phi) is 5.29. The summed E-state index contributed by atoms with van der Waals surface area (Å²) in [6, 6.07) is 8.27. The van der Waals surface area contributed by atoms with Crippen LogP contribution in [0.1, 0.15) is 26.7 Å². The Bertz CT molecular complexity index is 688. The molecule has 0 aliphatic carbocycles. The number of rotatable bonds is 5. The Labute approximate surface area is 133 Å². The van der Waals surface area contributed by atoms with E-state index < -0.39 is 25.1 Å². The monoisotopic (exact) mass is 345 g/mol. The second-order valence-corrected chi connectivity index (χ2v) is 10.4. The molecule has 0 bridgehead atoms. The molecule has 5 nitrogen and oxygen atoms in total. The maximum absolute atomic E-state index is 12.5. The molecule has 1 aliphatic heterocycles. The van der Waals surface area contributed by atoms with Gasteiger partial charge in [0.05, 0.1) is 15.9 Å². The third kappa shape index (κ3) is 3.88. The highest BCUT2D eigenvalue weighted by Gasteiger charge is 2.34. The molecule has 1 aromatic rings. The van der Waals surface area contributed by atoms with Crippen LogP contribution in [0.25, 0.3) is 0 Å². The van der Waals surface area contributed by atoms with Crippen LogP contribution in [0.2, 0.25) is 0 Å². The number of hydrogen-bond donors (Lipinski definition) is 0. The maximum Gasteiger partial charge on any atom is 0.243 e. The quantitative estimate of drug-likeness (QED) is 0.817. The van der Waals surface area contributed by atoms with E-state index in [4.69, 9.17) is 0 Å². The van der Waals surface area contributed by atoms with Gasteiger partial charge >= 0.3 is 0 Å². The lowest BCUT2D eigenvalue weighted by atomic mass is 10.2. The molecule has 1 aliphatic rings. The standard InChI is InChI=1S/C15H23NO4S2/c1-13(2)12-21(17,18)14-8-10-16(11-9-14)22(19,20)15-6-4-3-5-7-15/h3-7,13-14H,8-12H2,1-2H3. The molecule has 1 heterocycles. The molecule has 1 aromatic carbocycles. The van der Waals surface area contributed by atoms with Crippen LogP contribution in [0.3, 0.4) is 0 Å². The van der Waals surface area contributed by atoms with Crippen LogP contribution in [0.4, 0.5) is 0 Å². The van der Waals surface area contributed by atoms with E-state index in [0.29, 0.717) is 12.8 Å². The average Bonchev–Trinajstić information content (AvgIpc) is 2.47. The molecular weight excluding hydrogens is 322 g/mol. The molecule has 0 radical (unpaired) electrons. The maximum atomic E-state index is 12.5. The van der Waals surface area contributed by atoms with Crippen molar-refractivity contribution in [2.75, 3.05) is 18.8 Å². The Morgan fingerprint density at radius 2 is 1.59 bits per heavy atom. The van der Waals surface area contributed by atoms with Gasteiger partial charge in [-0.3, -0.25) is 0 Å². The minimum Gasteiger partial charge on any atom is -0.229 e. The lowest BCUT2D eigenvalue weighted by Gasteiger charge is -2.31. The van der Waals surface area contributed by atoms with Crippen molar-refractivity contribution in [3.63, 3.8) is 0 Å². The Balaban J connectivity index is 2.07. The summed E-state index contributed by atoms with van der Waals surface area (Å²) in [6.07, 6.45) is 0.752. The summed E-state index contributed by atoms with van der Waals surface area (Å²) in [5.74, 6) is 0.263. The Hall–Kier alpha value is -0.920. The van der Waals surface area contributed by atoms with Gasteiger partial charge in [0.25, 0.3) is 0 Å². The summed E-state index contributed by atoms with van der Waals surface area (Å²) < 4.78 is 50.9. The highest BCUT2D eigenvalue weighted by molar-refractivity contribution is 7.92. The molecule has 0 aromatic heterocycles. The first-order chi connectivity index (χ1) is 10.2. The number of benzene rings is 1. The highest BCUT2D eigenvalue weighted by Crippen LogP contribution is 2.25. The van der Waals surface area contributed by atoms with Gasteiger partial charge in [0.15, 0.2) is 9.84 Å². The minimum atomic E-state index is -3.52. The molecule has 7 heteroatoms. The zero-order valence-electron chi connectivity index (χ0n) is 13.0. The fourth-order valence-electron chi connectivity index (χ4n) is 2.77. The molecule has 0 atom stereocenters. The SMILES string of the molecule is CC(C)CS(=O)(=O)C1CCN(S(=O)(=O)c2ccccc2)CC1. The predicted molar refractivity (Wildman–Crippen MR) is 86.8 cm³/mol. The zero-order chi connectivity index (χ0) is 16.4. The summed E-state index contributed by atoms with van der Waals surface area (Å²) in [6.45, 7) is 4.29. The van der Waals surface area contributed by atoms with Crippen LogP contribution in [0.5, 0.6) is 0 Å². The predicted octanol–water partition coefficient (Wildman–Crippen LogP) is 1.91. The average molecular weight is 345 g/mol. The number of hydrogen-bond acceptors (Lipinski definition) is 4. The molecule has 0 unspecified atom stereocenters. The number of piperidine rings is 1. The Morgan fingerprint density at radius 3 is 2.09 bits per heavy atom. The van der Waals surface area contributed by atoms with E-state index in [1.807, 2.05) is 13.8 Å². The molecule has 22 heavy (non-hydrogen) atoms. The summed E-state index contributed by atoms with van der Waals surface area (Å²) >= 11 is 0. The van der Waals surface area contributed by atoms with Crippen molar-refractivity contribution in [1.29, 1.82) is 0 Å². The fourth-order valence-corrected chi connectivity index (χ4v) is 6.40. The number of sulfonamides is 1. The van der Waals surface area contributed by atoms with Crippen LogP contribution in [0, 0.1) is 5.92 Å². The van der Waals surface area contributed by atoms with E-state index in [1.165, 1.54) is 4.31 Å². The van der Waals surface area contributed by atoms with Gasteiger partial charge < -0.3 is 0 Å². The van der Waals surface area contributed by atoms with Crippen molar-refractivity contribution in [3.8, 4) is 0 Å². The molecule has 0 amide bonds. The van der Waals surface area contributed by atoms with E-state index in [1.54, 1.807) is 30.3 Å². The lowest BCUT2D eigenvalue weighted by Crippen LogP contribution is -2.43. The van der Waals surface area contributed by atoms with Gasteiger partial charge in [0.2, 0.25) is 10.0 Å². The van der Waals surface area contributed by atoms with E-state index in [0.717, 1.165) is 0 Å². The first kappa shape index (κ1) is 17.4. The van der Waals surface area contributed by atoms with Gasteiger partial charge in [0.1, 0.15) is 0 Å². The van der Waals surface area contributed by atoms with Crippen molar-refractivity contribution in [1.82, 2.24) is 4.31 Å². The van der Waals surface area contributed by atoms with Crippen LogP contribution in [-0.2, 0) is 19.9 Å². The third-order valence-electron chi connectivity index (χ3n) is 3.86. The molecule has 0 saturated carbocycles. The normalized spacial score (nSPS) is 18.7. The zero-order valence-corrected chi connectivity index (χ0v) is 14.6. The van der Waals surface area contributed by atoms with Crippen molar-refractivity contribution in [2.24, 2.45) is 5.92 Å². The molecular formula is C15H23NO4S2. The summed E-state index contributed by atoms with van der Waals surface area (Å²) in [5, 5.41) is -0.419. The van der Waals surface area contributed by atoms with Crippen LogP contribution in [-0.4, -0.2) is 45.2 Å². The van der Waals surface area contributed by atoms with E-state index in [2.05, 4.69) is 0 Å². The number of sulfone groups is 1. The number of nitrogens with zero attached hydrogens (tertiary/aromatic N) is 1. The summed E-state index contributed by atoms with van der Waals surface area (Å²) in [4.78, 5) is 0.262. The topological polar surface area (TPSA) is 71.5 Å². The van der Waals surface area contributed by atoms with Crippen molar-refractivity contribution >= 4 is 19.9 Å². The van der Waals surface area contributed by atoms with Gasteiger partial charge in [-0.15, -0.1) is 0 Å². The second kappa shape index (κ2) is 6.68. The van der Waals surface area contributed by atoms with Crippen molar-refractivity contribution in [3.05, 3.63) is 30.3 Å². The van der Waals surface area contributed by atoms with Crippen LogP contribution < -0.4 is 0 Å². The van der Waals surface area contributed by atoms with Gasteiger partial charge in [-0.2, -0.15) is 4.31 Å². The molecule has 2 rings (SSSR count). The minimum absolute atomic E-state index is 0.0936. The van der Waals surface area contributed by atoms with Gasteiger partial charge in [0, 0.05) is 13.1 Å². The molecule has 1 fully saturated rings. The summed E-state index contributed by atoms with van der Waals surface area (Å²) in [7, 11) is -6.65. The van der Waals surface area contributed by atoms with Crippen molar-refractivity contribution < 1.29 is 16.8 Å². The van der Waals surface area contributed by atoms with Gasteiger partial charge in [-0.1, -0.05) is 32.0 Å².